The van der Waals surface area contributed by atoms with E-state index < -0.39 is 11.5 Å². The van der Waals surface area contributed by atoms with Gasteiger partial charge in [-0.25, -0.2) is 0 Å². The van der Waals surface area contributed by atoms with Crippen LogP contribution in [0.25, 0.3) is 0 Å². The zero-order valence-electron chi connectivity index (χ0n) is 17.6. The Bertz CT molecular complexity index is 778. The minimum absolute atomic E-state index is 0.0793. The van der Waals surface area contributed by atoms with Gasteiger partial charge in [-0.15, -0.1) is 11.6 Å². The number of nitrogens with one attached hydrogen (secondary N) is 2. The number of hydrogen-bond acceptors (Lipinski definition) is 4. The first-order chi connectivity index (χ1) is 13.6. The fourth-order valence-electron chi connectivity index (χ4n) is 4.36. The summed E-state index contributed by atoms with van der Waals surface area (Å²) in [5, 5.41) is 6.84. The van der Waals surface area contributed by atoms with E-state index >= 15 is 0 Å². The number of carbonyl (C=O) groups excluding carboxylic acids is 1. The minimum Gasteiger partial charge on any atom is -0.387 e. The summed E-state index contributed by atoms with van der Waals surface area (Å²) >= 11 is 13.1. The lowest BCUT2D eigenvalue weighted by Gasteiger charge is -2.37. The molecule has 1 heterocycles. The number of hydrogen-bond donors (Lipinski definition) is 2. The number of halogens is 2. The van der Waals surface area contributed by atoms with E-state index in [-0.39, 0.29) is 16.3 Å². The van der Waals surface area contributed by atoms with Crippen molar-refractivity contribution in [3.63, 3.8) is 0 Å². The van der Waals surface area contributed by atoms with Gasteiger partial charge in [-0.05, 0) is 38.8 Å². The van der Waals surface area contributed by atoms with Gasteiger partial charge in [0.25, 0.3) is 0 Å². The van der Waals surface area contributed by atoms with Crippen LogP contribution in [0.4, 0.5) is 0 Å². The molecule has 2 N–H and O–H groups in total. The van der Waals surface area contributed by atoms with E-state index in [9.17, 15) is 4.79 Å². The Morgan fingerprint density at radius 1 is 1.38 bits per heavy atom. The van der Waals surface area contributed by atoms with Gasteiger partial charge in [-0.2, -0.15) is 0 Å². The molecule has 3 rings (SSSR count). The molecular formula is C22H31Cl2N3O2. The van der Waals surface area contributed by atoms with Crippen molar-refractivity contribution in [3.05, 3.63) is 47.2 Å². The van der Waals surface area contributed by atoms with Crippen molar-refractivity contribution in [1.29, 1.82) is 0 Å². The standard InChI is InChI=1S/C22H31Cl2N3O2/c1-20(10-11-27(14-20)15-22(24)8-6-5-7-9-22)26-19(28)16-12-17(23)18(25-3)13-21(16,2)29-4/h5-8,12-13,16,25H,9-11,14-15H2,1-4H3,(H,26,28). The summed E-state index contributed by atoms with van der Waals surface area (Å²) in [5.41, 5.74) is -0.324. The van der Waals surface area contributed by atoms with E-state index in [1.165, 1.54) is 0 Å². The topological polar surface area (TPSA) is 53.6 Å². The molecule has 29 heavy (non-hydrogen) atoms. The Balaban J connectivity index is 1.66. The number of ether oxygens (including phenoxy) is 1. The van der Waals surface area contributed by atoms with Gasteiger partial charge < -0.3 is 15.4 Å². The number of nitrogens with zero attached hydrogens (tertiary/aromatic N) is 1. The van der Waals surface area contributed by atoms with Gasteiger partial charge in [0.1, 0.15) is 5.60 Å². The quantitative estimate of drug-likeness (QED) is 0.623. The van der Waals surface area contributed by atoms with Gasteiger partial charge in [0.15, 0.2) is 0 Å². The van der Waals surface area contributed by atoms with Gasteiger partial charge in [-0.1, -0.05) is 35.9 Å². The highest BCUT2D eigenvalue weighted by molar-refractivity contribution is 6.32. The largest absolute Gasteiger partial charge is 0.387 e. The normalized spacial score (nSPS) is 37.2. The predicted molar refractivity (Wildman–Crippen MR) is 119 cm³/mol. The zero-order valence-corrected chi connectivity index (χ0v) is 19.1. The highest BCUT2D eigenvalue weighted by atomic mass is 35.5. The van der Waals surface area contributed by atoms with Crippen molar-refractivity contribution >= 4 is 29.1 Å². The number of alkyl halides is 1. The Labute approximate surface area is 183 Å². The summed E-state index contributed by atoms with van der Waals surface area (Å²) in [7, 11) is 3.41. The van der Waals surface area contributed by atoms with E-state index in [4.69, 9.17) is 27.9 Å². The van der Waals surface area contributed by atoms with Crippen molar-refractivity contribution in [2.45, 2.75) is 42.7 Å². The average molecular weight is 440 g/mol. The molecule has 160 valence electrons. The summed E-state index contributed by atoms with van der Waals surface area (Å²) in [6.07, 6.45) is 13.5. The maximum Gasteiger partial charge on any atom is 0.230 e. The highest BCUT2D eigenvalue weighted by Crippen LogP contribution is 2.36. The summed E-state index contributed by atoms with van der Waals surface area (Å²) in [6.45, 7) is 6.42. The van der Waals surface area contributed by atoms with Gasteiger partial charge in [0.2, 0.25) is 5.91 Å². The Hall–Kier alpha value is -1.27. The van der Waals surface area contributed by atoms with Crippen molar-refractivity contribution in [1.82, 2.24) is 15.5 Å². The van der Waals surface area contributed by atoms with Crippen LogP contribution in [0.3, 0.4) is 0 Å². The first kappa shape index (κ1) is 22.4. The number of likely N-dealkylation sites (tertiary alicyclic amines) is 1. The van der Waals surface area contributed by atoms with Crippen LogP contribution in [0.5, 0.6) is 0 Å². The number of allylic oxidation sites excluding steroid dienone is 4. The molecule has 0 aromatic carbocycles. The van der Waals surface area contributed by atoms with E-state index in [0.717, 1.165) is 38.2 Å². The van der Waals surface area contributed by atoms with Crippen LogP contribution >= 0.6 is 23.2 Å². The maximum absolute atomic E-state index is 13.2. The van der Waals surface area contributed by atoms with E-state index in [1.54, 1.807) is 20.2 Å². The van der Waals surface area contributed by atoms with Crippen LogP contribution in [-0.4, -0.2) is 60.6 Å². The molecule has 1 fully saturated rings. The van der Waals surface area contributed by atoms with Crippen LogP contribution < -0.4 is 10.6 Å². The predicted octanol–water partition coefficient (Wildman–Crippen LogP) is 3.32. The molecule has 0 radical (unpaired) electrons. The molecule has 3 aliphatic rings. The van der Waals surface area contributed by atoms with Gasteiger partial charge in [0, 0.05) is 33.8 Å². The van der Waals surface area contributed by atoms with Crippen molar-refractivity contribution in [2.75, 3.05) is 33.8 Å². The second kappa shape index (κ2) is 8.46. The molecular weight excluding hydrogens is 409 g/mol. The molecule has 1 amide bonds. The van der Waals surface area contributed by atoms with Crippen LogP contribution in [0.2, 0.25) is 0 Å². The first-order valence-corrected chi connectivity index (χ1v) is 10.8. The lowest BCUT2D eigenvalue weighted by molar-refractivity contribution is -0.131. The maximum atomic E-state index is 13.2. The number of amides is 1. The summed E-state index contributed by atoms with van der Waals surface area (Å²) in [6, 6.07) is 0. The first-order valence-electron chi connectivity index (χ1n) is 10.0. The van der Waals surface area contributed by atoms with Crippen molar-refractivity contribution in [2.24, 2.45) is 5.92 Å². The fourth-order valence-corrected chi connectivity index (χ4v) is 4.96. The summed E-state index contributed by atoms with van der Waals surface area (Å²) in [4.78, 5) is 15.2. The monoisotopic (exact) mass is 439 g/mol. The lowest BCUT2D eigenvalue weighted by atomic mass is 9.82. The highest BCUT2D eigenvalue weighted by Gasteiger charge is 2.44. The Kier molecular flexibility index (Phi) is 6.54. The number of likely N-dealkylation sites (N-methyl/N-ethyl adjacent to an activating group) is 1. The minimum atomic E-state index is -0.769. The molecule has 4 unspecified atom stereocenters. The van der Waals surface area contributed by atoms with Crippen LogP contribution in [0.1, 0.15) is 26.7 Å². The molecule has 0 aromatic rings. The van der Waals surface area contributed by atoms with Gasteiger partial charge in [-0.3, -0.25) is 9.69 Å². The molecule has 0 aromatic heterocycles. The average Bonchev–Trinajstić information content (AvgIpc) is 3.03. The third kappa shape index (κ3) is 4.91. The number of methoxy groups -OCH3 is 1. The van der Waals surface area contributed by atoms with Crippen molar-refractivity contribution < 1.29 is 9.53 Å². The molecule has 4 atom stereocenters. The molecule has 1 aliphatic heterocycles. The number of rotatable bonds is 6. The SMILES string of the molecule is CNC1=CC(C)(OC)C(C(=O)NC2(C)CCN(CC3(Cl)C=CC=CC3)C2)C=C1Cl. The molecule has 0 bridgehead atoms. The molecule has 0 spiro atoms. The Morgan fingerprint density at radius 2 is 2.14 bits per heavy atom. The smallest absolute Gasteiger partial charge is 0.230 e. The van der Waals surface area contributed by atoms with E-state index in [2.05, 4.69) is 34.6 Å². The third-order valence-corrected chi connectivity index (χ3v) is 6.90. The molecule has 0 saturated carbocycles. The lowest BCUT2D eigenvalue weighted by Crippen LogP contribution is -2.54. The van der Waals surface area contributed by atoms with Crippen molar-refractivity contribution in [3.8, 4) is 0 Å². The van der Waals surface area contributed by atoms with Gasteiger partial charge in [0.05, 0.1) is 27.1 Å². The number of carbonyl (C=O) groups is 1. The fraction of sp³-hybridized carbons (Fsp3) is 0.591. The zero-order chi connectivity index (χ0) is 21.3. The van der Waals surface area contributed by atoms with Crippen LogP contribution in [0.15, 0.2) is 47.2 Å². The second-order valence-corrected chi connectivity index (χ2v) is 9.88. The molecule has 1 saturated heterocycles. The Morgan fingerprint density at radius 3 is 2.76 bits per heavy atom. The van der Waals surface area contributed by atoms with E-state index in [0.29, 0.717) is 5.03 Å². The van der Waals surface area contributed by atoms with Gasteiger partial charge >= 0.3 is 0 Å². The summed E-state index contributed by atoms with van der Waals surface area (Å²) in [5.74, 6) is -0.585. The third-order valence-electron chi connectivity index (χ3n) is 6.17. The van der Waals surface area contributed by atoms with Crippen LogP contribution in [0, 0.1) is 5.92 Å². The van der Waals surface area contributed by atoms with Crippen LogP contribution in [-0.2, 0) is 9.53 Å². The molecule has 2 aliphatic carbocycles. The summed E-state index contributed by atoms with van der Waals surface area (Å²) < 4.78 is 5.70. The van der Waals surface area contributed by atoms with E-state index in [1.807, 2.05) is 25.2 Å². The molecule has 5 nitrogen and oxygen atoms in total. The molecule has 7 heteroatoms. The second-order valence-electron chi connectivity index (χ2n) is 8.72.